The Kier molecular flexibility index (Phi) is 3.24. The molecule has 3 heterocycles. The summed E-state index contributed by atoms with van der Waals surface area (Å²) < 4.78 is 25.2. The molecular formula is C19H21FN2O3. The first-order chi connectivity index (χ1) is 12.1. The molecule has 3 aliphatic rings. The van der Waals surface area contributed by atoms with Gasteiger partial charge in [-0.05, 0) is 36.6 Å². The van der Waals surface area contributed by atoms with Crippen LogP contribution >= 0.6 is 0 Å². The van der Waals surface area contributed by atoms with Crippen molar-refractivity contribution in [3.63, 3.8) is 0 Å². The van der Waals surface area contributed by atoms with E-state index in [4.69, 9.17) is 9.47 Å². The van der Waals surface area contributed by atoms with E-state index in [1.54, 1.807) is 6.07 Å². The highest BCUT2D eigenvalue weighted by atomic mass is 19.1. The summed E-state index contributed by atoms with van der Waals surface area (Å²) in [5, 5.41) is 0.821. The number of piperidine rings is 1. The molecule has 1 aromatic heterocycles. The Morgan fingerprint density at radius 3 is 2.52 bits per heavy atom. The van der Waals surface area contributed by atoms with E-state index in [-0.39, 0.29) is 11.7 Å². The molecule has 0 bridgehead atoms. The Morgan fingerprint density at radius 1 is 1.12 bits per heavy atom. The van der Waals surface area contributed by atoms with Gasteiger partial charge >= 0.3 is 0 Å². The molecule has 1 aliphatic carbocycles. The largest absolute Gasteiger partial charge is 0.361 e. The average molecular weight is 344 g/mol. The lowest BCUT2D eigenvalue weighted by Crippen LogP contribution is -2.50. The van der Waals surface area contributed by atoms with Gasteiger partial charge in [0.2, 0.25) is 5.91 Å². The summed E-state index contributed by atoms with van der Waals surface area (Å²) in [5.74, 6) is -0.588. The highest BCUT2D eigenvalue weighted by molar-refractivity contribution is 5.97. The number of hydrogen-bond donors (Lipinski definition) is 1. The summed E-state index contributed by atoms with van der Waals surface area (Å²) in [5.41, 5.74) is 1.31. The van der Waals surface area contributed by atoms with Crippen molar-refractivity contribution in [2.75, 3.05) is 26.3 Å². The second-order valence-electron chi connectivity index (χ2n) is 7.37. The van der Waals surface area contributed by atoms with E-state index in [9.17, 15) is 9.18 Å². The van der Waals surface area contributed by atoms with Crippen LogP contribution in [0, 0.1) is 5.82 Å². The molecule has 25 heavy (non-hydrogen) atoms. The summed E-state index contributed by atoms with van der Waals surface area (Å²) in [7, 11) is 0. The van der Waals surface area contributed by atoms with Gasteiger partial charge in [-0.3, -0.25) is 4.79 Å². The van der Waals surface area contributed by atoms with Crippen molar-refractivity contribution < 1.29 is 18.7 Å². The van der Waals surface area contributed by atoms with Gasteiger partial charge in [0.1, 0.15) is 5.82 Å². The molecule has 0 radical (unpaired) electrons. The first-order valence-electron chi connectivity index (χ1n) is 8.96. The number of benzene rings is 1. The minimum Gasteiger partial charge on any atom is -0.361 e. The minimum atomic E-state index is -0.492. The maximum absolute atomic E-state index is 13.7. The molecule has 1 saturated carbocycles. The number of amides is 1. The van der Waals surface area contributed by atoms with E-state index < -0.39 is 11.2 Å². The second kappa shape index (κ2) is 5.29. The zero-order valence-electron chi connectivity index (χ0n) is 14.0. The number of nitrogens with zero attached hydrogens (tertiary/aromatic N) is 1. The number of rotatable bonds is 2. The Morgan fingerprint density at radius 2 is 1.84 bits per heavy atom. The van der Waals surface area contributed by atoms with Crippen molar-refractivity contribution in [2.45, 2.75) is 36.9 Å². The smallest absolute Gasteiger partial charge is 0.233 e. The number of carbonyl (C=O) groups excluding carboxylic acids is 1. The van der Waals surface area contributed by atoms with Crippen LogP contribution in [0.25, 0.3) is 10.9 Å². The van der Waals surface area contributed by atoms with Gasteiger partial charge in [-0.25, -0.2) is 4.39 Å². The highest BCUT2D eigenvalue weighted by Gasteiger charge is 2.55. The normalized spacial score (nSPS) is 24.1. The van der Waals surface area contributed by atoms with Crippen LogP contribution in [0.3, 0.4) is 0 Å². The monoisotopic (exact) mass is 344 g/mol. The molecule has 6 heteroatoms. The molecule has 1 amide bonds. The van der Waals surface area contributed by atoms with Crippen LogP contribution in [0.5, 0.6) is 0 Å². The van der Waals surface area contributed by atoms with Gasteiger partial charge in [0.25, 0.3) is 0 Å². The van der Waals surface area contributed by atoms with Crippen LogP contribution in [0.1, 0.15) is 31.2 Å². The summed E-state index contributed by atoms with van der Waals surface area (Å²) in [6, 6.07) is 4.70. The molecule has 0 atom stereocenters. The van der Waals surface area contributed by atoms with Crippen molar-refractivity contribution >= 4 is 16.8 Å². The van der Waals surface area contributed by atoms with E-state index in [1.807, 2.05) is 11.1 Å². The fourth-order valence-electron chi connectivity index (χ4n) is 4.35. The zero-order chi connectivity index (χ0) is 17.1. The topological polar surface area (TPSA) is 54.6 Å². The highest BCUT2D eigenvalue weighted by Crippen LogP contribution is 2.52. The van der Waals surface area contributed by atoms with Gasteiger partial charge < -0.3 is 19.4 Å². The lowest BCUT2D eigenvalue weighted by molar-refractivity contribution is -0.188. The Labute approximate surface area is 145 Å². The molecule has 5 rings (SSSR count). The van der Waals surface area contributed by atoms with Crippen molar-refractivity contribution in [1.82, 2.24) is 9.88 Å². The van der Waals surface area contributed by atoms with Crippen LogP contribution in [0.15, 0.2) is 24.4 Å². The van der Waals surface area contributed by atoms with Crippen LogP contribution in [-0.4, -0.2) is 47.9 Å². The fourth-order valence-corrected chi connectivity index (χ4v) is 4.35. The Bertz CT molecular complexity index is 826. The predicted octanol–water partition coefficient (Wildman–Crippen LogP) is 2.70. The van der Waals surface area contributed by atoms with E-state index in [0.717, 1.165) is 42.1 Å². The zero-order valence-corrected chi connectivity index (χ0v) is 14.0. The molecule has 2 aliphatic heterocycles. The van der Waals surface area contributed by atoms with Gasteiger partial charge in [-0.2, -0.15) is 0 Å². The van der Waals surface area contributed by atoms with Gasteiger partial charge in [-0.1, -0.05) is 0 Å². The van der Waals surface area contributed by atoms with Crippen LogP contribution in [-0.2, 0) is 19.7 Å². The second-order valence-corrected chi connectivity index (χ2v) is 7.37. The van der Waals surface area contributed by atoms with Gasteiger partial charge in [0, 0.05) is 43.0 Å². The molecule has 1 N–H and O–H groups in total. The number of likely N-dealkylation sites (tertiary alicyclic amines) is 1. The maximum Gasteiger partial charge on any atom is 0.233 e. The third kappa shape index (κ3) is 2.31. The van der Waals surface area contributed by atoms with Gasteiger partial charge in [-0.15, -0.1) is 0 Å². The fraction of sp³-hybridized carbons (Fsp3) is 0.526. The molecular weight excluding hydrogens is 323 g/mol. The van der Waals surface area contributed by atoms with Crippen molar-refractivity contribution in [1.29, 1.82) is 0 Å². The van der Waals surface area contributed by atoms with Crippen LogP contribution in [0.2, 0.25) is 0 Å². The maximum atomic E-state index is 13.7. The van der Waals surface area contributed by atoms with Gasteiger partial charge in [0.15, 0.2) is 5.79 Å². The van der Waals surface area contributed by atoms with Gasteiger partial charge in [0.05, 0.1) is 18.6 Å². The first kappa shape index (κ1) is 15.3. The third-order valence-electron chi connectivity index (χ3n) is 5.94. The molecule has 5 nitrogen and oxygen atoms in total. The molecule has 1 spiro atoms. The number of fused-ring (bicyclic) bond motifs is 1. The van der Waals surface area contributed by atoms with E-state index in [1.165, 1.54) is 12.1 Å². The van der Waals surface area contributed by atoms with E-state index in [2.05, 4.69) is 4.98 Å². The number of halogens is 1. The van der Waals surface area contributed by atoms with Crippen molar-refractivity contribution in [3.8, 4) is 0 Å². The molecule has 3 fully saturated rings. The number of carbonyl (C=O) groups is 1. The van der Waals surface area contributed by atoms with E-state index >= 15 is 0 Å². The molecule has 2 aromatic rings. The summed E-state index contributed by atoms with van der Waals surface area (Å²) in [4.78, 5) is 18.4. The summed E-state index contributed by atoms with van der Waals surface area (Å²) in [6.07, 6.45) is 4.96. The van der Waals surface area contributed by atoms with Crippen molar-refractivity contribution in [2.24, 2.45) is 0 Å². The predicted molar refractivity (Wildman–Crippen MR) is 89.6 cm³/mol. The van der Waals surface area contributed by atoms with Crippen LogP contribution in [0.4, 0.5) is 4.39 Å². The SMILES string of the molecule is O=C(N1CCC2(CC1)OCCO2)C1(c2c[nH]c3ccc(F)cc23)CC1. The third-order valence-corrected chi connectivity index (χ3v) is 5.94. The Hall–Kier alpha value is -1.92. The summed E-state index contributed by atoms with van der Waals surface area (Å²) >= 11 is 0. The minimum absolute atomic E-state index is 0.158. The standard InChI is InChI=1S/C19H21FN2O3/c20-13-1-2-16-14(11-13)15(12-21-16)18(3-4-18)17(23)22-7-5-19(6-8-22)24-9-10-25-19/h1-2,11-12,21H,3-10H2. The first-order valence-corrected chi connectivity index (χ1v) is 8.96. The quantitative estimate of drug-likeness (QED) is 0.911. The number of aromatic nitrogens is 1. The molecule has 1 aromatic carbocycles. The lowest BCUT2D eigenvalue weighted by Gasteiger charge is -2.39. The van der Waals surface area contributed by atoms with Crippen LogP contribution < -0.4 is 0 Å². The number of aromatic amines is 1. The number of nitrogens with one attached hydrogen (secondary N) is 1. The van der Waals surface area contributed by atoms with E-state index in [0.29, 0.717) is 26.3 Å². The number of ether oxygens (including phenoxy) is 2. The number of hydrogen-bond acceptors (Lipinski definition) is 3. The molecule has 2 saturated heterocycles. The Balaban J connectivity index is 1.40. The summed E-state index contributed by atoms with van der Waals surface area (Å²) in [6.45, 7) is 2.58. The molecule has 0 unspecified atom stereocenters. The average Bonchev–Trinajstić information content (AvgIpc) is 3.12. The van der Waals surface area contributed by atoms with Crippen molar-refractivity contribution in [3.05, 3.63) is 35.8 Å². The number of H-pyrrole nitrogens is 1. The lowest BCUT2D eigenvalue weighted by atomic mass is 9.92. The molecule has 132 valence electrons.